The van der Waals surface area contributed by atoms with Crippen molar-refractivity contribution in [2.45, 2.75) is 32.1 Å². The summed E-state index contributed by atoms with van der Waals surface area (Å²) >= 11 is 0. The highest BCUT2D eigenvalue weighted by Crippen LogP contribution is 2.35. The maximum Gasteiger partial charge on any atom is 0.222 e. The number of hydrogen-bond donors (Lipinski definition) is 1. The molecule has 1 aliphatic rings. The number of piperidine rings is 1. The van der Waals surface area contributed by atoms with E-state index in [1.807, 2.05) is 13.0 Å². The van der Waals surface area contributed by atoms with Crippen molar-refractivity contribution in [3.63, 3.8) is 0 Å². The molecule has 3 rings (SSSR count). The Morgan fingerprint density at radius 1 is 1.19 bits per heavy atom. The van der Waals surface area contributed by atoms with Crippen molar-refractivity contribution in [1.82, 2.24) is 9.97 Å². The fourth-order valence-corrected chi connectivity index (χ4v) is 3.25. The molecule has 1 atom stereocenters. The zero-order valence-electron chi connectivity index (χ0n) is 12.7. The molecular formula is C17H22N4. The van der Waals surface area contributed by atoms with Crippen LogP contribution in [0, 0.1) is 6.92 Å². The van der Waals surface area contributed by atoms with Gasteiger partial charge in [-0.05, 0) is 25.3 Å². The first-order valence-corrected chi connectivity index (χ1v) is 7.48. The predicted octanol–water partition coefficient (Wildman–Crippen LogP) is 2.93. The molecule has 4 heteroatoms. The summed E-state index contributed by atoms with van der Waals surface area (Å²) < 4.78 is 0. The molecule has 110 valence electrons. The van der Waals surface area contributed by atoms with Crippen LogP contribution in [0.4, 0.5) is 11.8 Å². The fourth-order valence-electron chi connectivity index (χ4n) is 3.25. The Morgan fingerprint density at radius 3 is 2.67 bits per heavy atom. The van der Waals surface area contributed by atoms with E-state index in [9.17, 15) is 0 Å². The lowest BCUT2D eigenvalue weighted by Crippen LogP contribution is -2.44. The van der Waals surface area contributed by atoms with Gasteiger partial charge in [0, 0.05) is 30.3 Å². The van der Waals surface area contributed by atoms with Crippen molar-refractivity contribution >= 4 is 11.8 Å². The Kier molecular flexibility index (Phi) is 3.53. The van der Waals surface area contributed by atoms with Crippen LogP contribution < -0.4 is 10.6 Å². The number of aryl methyl sites for hydroxylation is 1. The minimum absolute atomic E-state index is 0.160. The highest BCUT2D eigenvalue weighted by molar-refractivity contribution is 5.45. The summed E-state index contributed by atoms with van der Waals surface area (Å²) in [6.45, 7) is 6.29. The van der Waals surface area contributed by atoms with Gasteiger partial charge in [-0.1, -0.05) is 37.3 Å². The van der Waals surface area contributed by atoms with Gasteiger partial charge in [0.1, 0.15) is 5.82 Å². The van der Waals surface area contributed by atoms with Gasteiger partial charge in [-0.2, -0.15) is 4.98 Å². The average molecular weight is 282 g/mol. The zero-order valence-corrected chi connectivity index (χ0v) is 12.7. The minimum Gasteiger partial charge on any atom is -0.368 e. The maximum absolute atomic E-state index is 5.80. The molecule has 2 aromatic rings. The van der Waals surface area contributed by atoms with Crippen molar-refractivity contribution < 1.29 is 0 Å². The number of aromatic nitrogens is 2. The number of rotatable bonds is 2. The van der Waals surface area contributed by atoms with Crippen LogP contribution in [-0.4, -0.2) is 23.1 Å². The van der Waals surface area contributed by atoms with E-state index in [1.54, 1.807) is 0 Å². The predicted molar refractivity (Wildman–Crippen MR) is 86.4 cm³/mol. The molecule has 1 unspecified atom stereocenters. The monoisotopic (exact) mass is 282 g/mol. The number of anilines is 2. The third-order valence-electron chi connectivity index (χ3n) is 4.35. The van der Waals surface area contributed by atoms with E-state index in [0.29, 0.717) is 5.95 Å². The van der Waals surface area contributed by atoms with E-state index >= 15 is 0 Å². The molecule has 4 nitrogen and oxygen atoms in total. The number of nitrogens with zero attached hydrogens (tertiary/aromatic N) is 3. The Labute approximate surface area is 126 Å². The number of hydrogen-bond acceptors (Lipinski definition) is 4. The molecule has 0 radical (unpaired) electrons. The molecule has 0 amide bonds. The van der Waals surface area contributed by atoms with Crippen molar-refractivity contribution in [3.05, 3.63) is 47.7 Å². The van der Waals surface area contributed by atoms with Crippen molar-refractivity contribution in [1.29, 1.82) is 0 Å². The molecular weight excluding hydrogens is 260 g/mol. The lowest BCUT2D eigenvalue weighted by molar-refractivity contribution is 0.372. The van der Waals surface area contributed by atoms with Gasteiger partial charge in [0.05, 0.1) is 0 Å². The summed E-state index contributed by atoms with van der Waals surface area (Å²) in [6.07, 6.45) is 2.36. The van der Waals surface area contributed by atoms with Gasteiger partial charge in [0.25, 0.3) is 0 Å². The summed E-state index contributed by atoms with van der Waals surface area (Å²) in [5.74, 6) is 1.30. The fraction of sp³-hybridized carbons (Fsp3) is 0.412. The first-order chi connectivity index (χ1) is 10.1. The first kappa shape index (κ1) is 13.9. The van der Waals surface area contributed by atoms with E-state index in [4.69, 9.17) is 5.73 Å². The summed E-state index contributed by atoms with van der Waals surface area (Å²) in [7, 11) is 0. The van der Waals surface area contributed by atoms with Crippen LogP contribution >= 0.6 is 0 Å². The molecule has 0 spiro atoms. The second kappa shape index (κ2) is 5.35. The van der Waals surface area contributed by atoms with Crippen LogP contribution in [0.5, 0.6) is 0 Å². The SMILES string of the molecule is Cc1cc(N2CCCC(C)(c3ccccc3)C2)nc(N)n1. The zero-order chi connectivity index (χ0) is 14.9. The van der Waals surface area contributed by atoms with Crippen LogP contribution in [0.25, 0.3) is 0 Å². The van der Waals surface area contributed by atoms with Crippen molar-refractivity contribution in [2.24, 2.45) is 0 Å². The molecule has 1 aliphatic heterocycles. The molecule has 0 saturated carbocycles. The summed E-state index contributed by atoms with van der Waals surface area (Å²) in [6, 6.07) is 12.8. The average Bonchev–Trinajstić information content (AvgIpc) is 2.47. The van der Waals surface area contributed by atoms with Crippen molar-refractivity contribution in [2.75, 3.05) is 23.7 Å². The highest BCUT2D eigenvalue weighted by Gasteiger charge is 2.33. The van der Waals surface area contributed by atoms with E-state index in [1.165, 1.54) is 12.0 Å². The molecule has 0 aliphatic carbocycles. The quantitative estimate of drug-likeness (QED) is 0.920. The third-order valence-corrected chi connectivity index (χ3v) is 4.35. The maximum atomic E-state index is 5.80. The Bertz CT molecular complexity index is 606. The van der Waals surface area contributed by atoms with Gasteiger partial charge in [0.15, 0.2) is 0 Å². The van der Waals surface area contributed by atoms with E-state index in [-0.39, 0.29) is 5.41 Å². The van der Waals surface area contributed by atoms with Gasteiger partial charge < -0.3 is 10.6 Å². The summed E-state index contributed by atoms with van der Waals surface area (Å²) in [5, 5.41) is 0. The molecule has 2 heterocycles. The first-order valence-electron chi connectivity index (χ1n) is 7.48. The van der Waals surface area contributed by atoms with Gasteiger partial charge >= 0.3 is 0 Å². The summed E-state index contributed by atoms with van der Waals surface area (Å²) in [4.78, 5) is 10.9. The van der Waals surface area contributed by atoms with Gasteiger partial charge in [-0.25, -0.2) is 4.98 Å². The van der Waals surface area contributed by atoms with E-state index < -0.39 is 0 Å². The molecule has 1 saturated heterocycles. The standard InChI is InChI=1S/C17H22N4/c1-13-11-15(20-16(18)19-13)21-10-6-9-17(2,12-21)14-7-4-3-5-8-14/h3-5,7-8,11H,6,9-10,12H2,1-2H3,(H2,18,19,20). The van der Waals surface area contributed by atoms with Gasteiger partial charge in [-0.3, -0.25) is 0 Å². The smallest absolute Gasteiger partial charge is 0.222 e. The van der Waals surface area contributed by atoms with Gasteiger partial charge in [-0.15, -0.1) is 0 Å². The summed E-state index contributed by atoms with van der Waals surface area (Å²) in [5.41, 5.74) is 8.27. The third kappa shape index (κ3) is 2.84. The molecule has 0 bridgehead atoms. The second-order valence-electron chi connectivity index (χ2n) is 6.18. The number of nitrogen functional groups attached to an aromatic ring is 1. The van der Waals surface area contributed by atoms with Crippen molar-refractivity contribution in [3.8, 4) is 0 Å². The van der Waals surface area contributed by atoms with Crippen LogP contribution in [-0.2, 0) is 5.41 Å². The second-order valence-corrected chi connectivity index (χ2v) is 6.18. The molecule has 21 heavy (non-hydrogen) atoms. The molecule has 2 N–H and O–H groups in total. The minimum atomic E-state index is 0.160. The Morgan fingerprint density at radius 2 is 1.95 bits per heavy atom. The van der Waals surface area contributed by atoms with Crippen LogP contribution in [0.1, 0.15) is 31.0 Å². The normalized spacial score (nSPS) is 22.3. The Hall–Kier alpha value is -2.10. The van der Waals surface area contributed by atoms with Crippen LogP contribution in [0.2, 0.25) is 0 Å². The topological polar surface area (TPSA) is 55.0 Å². The number of benzene rings is 1. The van der Waals surface area contributed by atoms with Gasteiger partial charge in [0.2, 0.25) is 5.95 Å². The Balaban J connectivity index is 1.89. The molecule has 1 aromatic carbocycles. The highest BCUT2D eigenvalue weighted by atomic mass is 15.2. The molecule has 1 aromatic heterocycles. The van der Waals surface area contributed by atoms with E-state index in [0.717, 1.165) is 31.0 Å². The van der Waals surface area contributed by atoms with Crippen LogP contribution in [0.3, 0.4) is 0 Å². The van der Waals surface area contributed by atoms with E-state index in [2.05, 4.69) is 52.1 Å². The largest absolute Gasteiger partial charge is 0.368 e. The lowest BCUT2D eigenvalue weighted by atomic mass is 9.76. The number of nitrogens with two attached hydrogens (primary N) is 1. The lowest BCUT2D eigenvalue weighted by Gasteiger charge is -2.41. The van der Waals surface area contributed by atoms with Crippen LogP contribution in [0.15, 0.2) is 36.4 Å². The molecule has 1 fully saturated rings.